The Morgan fingerprint density at radius 1 is 1.58 bits per heavy atom. The van der Waals surface area contributed by atoms with Gasteiger partial charge in [0, 0.05) is 24.6 Å². The van der Waals surface area contributed by atoms with Crippen molar-refractivity contribution in [3.8, 4) is 0 Å². The number of aliphatic carboxylic acids is 1. The van der Waals surface area contributed by atoms with E-state index in [2.05, 4.69) is 0 Å². The maximum absolute atomic E-state index is 12.5. The van der Waals surface area contributed by atoms with Crippen LogP contribution in [0.25, 0.3) is 0 Å². The predicted molar refractivity (Wildman–Crippen MR) is 80.8 cm³/mol. The second-order valence-electron chi connectivity index (χ2n) is 4.66. The maximum Gasteiger partial charge on any atom is 0.327 e. The standard InChI is InChI=1S/C12H22N2O3S2/c1-5-10-14(9(7-19-10)11(15)16)12(17)13(3)8(2)6-18-4/h8-10H,5-7H2,1-4H3,(H,15,16). The van der Waals surface area contributed by atoms with Gasteiger partial charge in [-0.3, -0.25) is 4.90 Å². The third kappa shape index (κ3) is 3.72. The van der Waals surface area contributed by atoms with Crippen LogP contribution in [0.1, 0.15) is 20.3 Å². The number of hydrogen-bond acceptors (Lipinski definition) is 4. The average molecular weight is 306 g/mol. The molecule has 2 amide bonds. The highest BCUT2D eigenvalue weighted by Gasteiger charge is 2.42. The van der Waals surface area contributed by atoms with Crippen molar-refractivity contribution in [2.75, 3.05) is 24.8 Å². The molecule has 1 aliphatic rings. The van der Waals surface area contributed by atoms with Crippen molar-refractivity contribution in [1.82, 2.24) is 9.80 Å². The van der Waals surface area contributed by atoms with E-state index in [-0.39, 0.29) is 17.4 Å². The largest absolute Gasteiger partial charge is 0.480 e. The summed E-state index contributed by atoms with van der Waals surface area (Å²) in [6.07, 6.45) is 2.76. The van der Waals surface area contributed by atoms with Gasteiger partial charge in [0.25, 0.3) is 0 Å². The summed E-state index contributed by atoms with van der Waals surface area (Å²) in [5.74, 6) is 0.407. The molecule has 1 rings (SSSR count). The number of hydrogen-bond donors (Lipinski definition) is 1. The van der Waals surface area contributed by atoms with Crippen molar-refractivity contribution in [2.24, 2.45) is 0 Å². The molecule has 1 fully saturated rings. The summed E-state index contributed by atoms with van der Waals surface area (Å²) in [5, 5.41) is 9.21. The lowest BCUT2D eigenvalue weighted by Crippen LogP contribution is -2.52. The van der Waals surface area contributed by atoms with Gasteiger partial charge in [0.15, 0.2) is 0 Å². The predicted octanol–water partition coefficient (Wildman–Crippen LogP) is 2.03. The quantitative estimate of drug-likeness (QED) is 0.842. The lowest BCUT2D eigenvalue weighted by molar-refractivity contribution is -0.141. The van der Waals surface area contributed by atoms with Gasteiger partial charge in [-0.05, 0) is 19.6 Å². The Morgan fingerprint density at radius 3 is 2.68 bits per heavy atom. The zero-order valence-electron chi connectivity index (χ0n) is 11.8. The number of amides is 2. The van der Waals surface area contributed by atoms with Gasteiger partial charge in [-0.2, -0.15) is 11.8 Å². The van der Waals surface area contributed by atoms with Gasteiger partial charge >= 0.3 is 12.0 Å². The number of thioether (sulfide) groups is 2. The number of carboxylic acids is 1. The Kier molecular flexibility index (Phi) is 6.32. The maximum atomic E-state index is 12.5. The second kappa shape index (κ2) is 7.28. The van der Waals surface area contributed by atoms with Gasteiger partial charge in [0.2, 0.25) is 0 Å². The molecule has 1 saturated heterocycles. The van der Waals surface area contributed by atoms with E-state index in [4.69, 9.17) is 0 Å². The van der Waals surface area contributed by atoms with Gasteiger partial charge in [-0.15, -0.1) is 11.8 Å². The Hall–Kier alpha value is -0.560. The minimum absolute atomic E-state index is 0.0301. The highest BCUT2D eigenvalue weighted by Crippen LogP contribution is 2.32. The first-order chi connectivity index (χ1) is 8.93. The van der Waals surface area contributed by atoms with E-state index in [0.717, 1.165) is 12.2 Å². The van der Waals surface area contributed by atoms with Gasteiger partial charge in [-0.25, -0.2) is 9.59 Å². The smallest absolute Gasteiger partial charge is 0.327 e. The van der Waals surface area contributed by atoms with Gasteiger partial charge in [0.1, 0.15) is 6.04 Å². The van der Waals surface area contributed by atoms with E-state index in [0.29, 0.717) is 5.75 Å². The molecule has 1 N–H and O–H groups in total. The zero-order valence-corrected chi connectivity index (χ0v) is 13.5. The lowest BCUT2D eigenvalue weighted by atomic mass is 10.2. The number of rotatable bonds is 5. The summed E-state index contributed by atoms with van der Waals surface area (Å²) >= 11 is 3.23. The zero-order chi connectivity index (χ0) is 14.6. The molecule has 0 aromatic heterocycles. The molecule has 1 aliphatic heterocycles. The summed E-state index contributed by atoms with van der Waals surface area (Å²) < 4.78 is 0. The first kappa shape index (κ1) is 16.5. The third-order valence-corrected chi connectivity index (χ3v) is 5.59. The van der Waals surface area contributed by atoms with E-state index < -0.39 is 12.0 Å². The van der Waals surface area contributed by atoms with Crippen LogP contribution in [0, 0.1) is 0 Å². The number of nitrogens with zero attached hydrogens (tertiary/aromatic N) is 2. The summed E-state index contributed by atoms with van der Waals surface area (Å²) in [6.45, 7) is 3.96. The Labute approximate surface area is 123 Å². The molecule has 0 aromatic carbocycles. The molecule has 3 atom stereocenters. The minimum Gasteiger partial charge on any atom is -0.480 e. The molecule has 0 bridgehead atoms. The molecule has 3 unspecified atom stereocenters. The van der Waals surface area contributed by atoms with Gasteiger partial charge < -0.3 is 10.0 Å². The number of carbonyl (C=O) groups excluding carboxylic acids is 1. The summed E-state index contributed by atoms with van der Waals surface area (Å²) in [7, 11) is 1.75. The van der Waals surface area contributed by atoms with E-state index in [1.54, 1.807) is 35.5 Å². The topological polar surface area (TPSA) is 60.9 Å². The molecule has 0 saturated carbocycles. The molecule has 5 nitrogen and oxygen atoms in total. The van der Waals surface area contributed by atoms with E-state index >= 15 is 0 Å². The van der Waals surface area contributed by atoms with Crippen LogP contribution < -0.4 is 0 Å². The van der Waals surface area contributed by atoms with Crippen LogP contribution in [0.2, 0.25) is 0 Å². The van der Waals surface area contributed by atoms with Crippen LogP contribution in [0.15, 0.2) is 0 Å². The second-order valence-corrected chi connectivity index (χ2v) is 6.78. The molecule has 19 heavy (non-hydrogen) atoms. The fourth-order valence-corrected chi connectivity index (χ4v) is 4.10. The summed E-state index contributed by atoms with van der Waals surface area (Å²) in [5.41, 5.74) is 0. The molecule has 110 valence electrons. The molecule has 0 spiro atoms. The number of carboxylic acid groups (broad SMARTS) is 1. The Bertz CT molecular complexity index is 341. The lowest BCUT2D eigenvalue weighted by Gasteiger charge is -2.34. The van der Waals surface area contributed by atoms with Crippen LogP contribution in [0.4, 0.5) is 4.79 Å². The van der Waals surface area contributed by atoms with Crippen molar-refractivity contribution in [2.45, 2.75) is 37.7 Å². The average Bonchev–Trinajstić information content (AvgIpc) is 2.81. The number of urea groups is 1. The molecular formula is C12H22N2O3S2. The Morgan fingerprint density at radius 2 is 2.21 bits per heavy atom. The summed E-state index contributed by atoms with van der Waals surface area (Å²) in [4.78, 5) is 27.0. The third-order valence-electron chi connectivity index (χ3n) is 3.32. The highest BCUT2D eigenvalue weighted by atomic mass is 32.2. The SMILES string of the molecule is CCC1SCC(C(=O)O)N1C(=O)N(C)C(C)CSC. The highest BCUT2D eigenvalue weighted by molar-refractivity contribution is 8.00. The molecular weight excluding hydrogens is 284 g/mol. The van der Waals surface area contributed by atoms with Crippen molar-refractivity contribution in [3.05, 3.63) is 0 Å². The molecule has 1 heterocycles. The Balaban J connectivity index is 2.83. The molecule has 0 aliphatic carbocycles. The van der Waals surface area contributed by atoms with Crippen LogP contribution >= 0.6 is 23.5 Å². The van der Waals surface area contributed by atoms with E-state index in [1.807, 2.05) is 20.1 Å². The van der Waals surface area contributed by atoms with Crippen LogP contribution in [-0.4, -0.2) is 69.2 Å². The first-order valence-electron chi connectivity index (χ1n) is 6.32. The molecule has 0 aromatic rings. The molecule has 7 heteroatoms. The van der Waals surface area contributed by atoms with Crippen molar-refractivity contribution < 1.29 is 14.7 Å². The first-order valence-corrected chi connectivity index (χ1v) is 8.76. The monoisotopic (exact) mass is 306 g/mol. The fraction of sp³-hybridized carbons (Fsp3) is 0.833. The van der Waals surface area contributed by atoms with Crippen LogP contribution in [0.5, 0.6) is 0 Å². The normalized spacial score (nSPS) is 24.3. The fourth-order valence-electron chi connectivity index (χ4n) is 2.05. The van der Waals surface area contributed by atoms with Gasteiger partial charge in [-0.1, -0.05) is 6.92 Å². The van der Waals surface area contributed by atoms with E-state index in [9.17, 15) is 14.7 Å². The van der Waals surface area contributed by atoms with Crippen molar-refractivity contribution >= 4 is 35.5 Å². The number of carbonyl (C=O) groups is 2. The van der Waals surface area contributed by atoms with Crippen molar-refractivity contribution in [3.63, 3.8) is 0 Å². The van der Waals surface area contributed by atoms with E-state index in [1.165, 1.54) is 4.90 Å². The summed E-state index contributed by atoms with van der Waals surface area (Å²) in [6, 6.07) is -0.780. The minimum atomic E-state index is -0.914. The van der Waals surface area contributed by atoms with Gasteiger partial charge in [0.05, 0.1) is 5.37 Å². The van der Waals surface area contributed by atoms with Crippen LogP contribution in [0.3, 0.4) is 0 Å². The van der Waals surface area contributed by atoms with Crippen molar-refractivity contribution in [1.29, 1.82) is 0 Å². The van der Waals surface area contributed by atoms with Crippen LogP contribution in [-0.2, 0) is 4.79 Å². The molecule has 0 radical (unpaired) electrons.